The van der Waals surface area contributed by atoms with Gasteiger partial charge in [0.05, 0.1) is 22.5 Å². The van der Waals surface area contributed by atoms with Crippen LogP contribution in [0.25, 0.3) is 22.5 Å². The lowest BCUT2D eigenvalue weighted by Crippen LogP contribution is -2.20. The van der Waals surface area contributed by atoms with E-state index < -0.39 is 6.09 Å². The number of ether oxygens (including phenoxy) is 3. The number of aromatic nitrogens is 2. The first kappa shape index (κ1) is 17.4. The topological polar surface area (TPSA) is 62.6 Å². The lowest BCUT2D eigenvalue weighted by Gasteiger charge is -2.10. The van der Waals surface area contributed by atoms with Gasteiger partial charge in [0.25, 0.3) is 0 Å². The number of benzene rings is 2. The second-order valence-corrected chi connectivity index (χ2v) is 6.71. The van der Waals surface area contributed by atoms with Crippen LogP contribution in [-0.4, -0.2) is 28.8 Å². The molecule has 0 saturated heterocycles. The van der Waals surface area contributed by atoms with Crippen molar-refractivity contribution in [1.29, 1.82) is 0 Å². The molecule has 4 rings (SSSR count). The molecule has 1 aromatic heterocycles. The summed E-state index contributed by atoms with van der Waals surface area (Å²) >= 11 is 6.31. The van der Waals surface area contributed by atoms with Crippen molar-refractivity contribution >= 4 is 17.7 Å². The Labute approximate surface area is 161 Å². The molecule has 0 unspecified atom stereocenters. The van der Waals surface area contributed by atoms with Crippen molar-refractivity contribution < 1.29 is 19.0 Å². The van der Waals surface area contributed by atoms with Gasteiger partial charge in [0.1, 0.15) is 0 Å². The summed E-state index contributed by atoms with van der Waals surface area (Å²) in [5.74, 6) is 1.29. The Morgan fingerprint density at radius 3 is 2.70 bits per heavy atom. The van der Waals surface area contributed by atoms with Crippen LogP contribution >= 0.6 is 11.6 Å². The van der Waals surface area contributed by atoms with E-state index >= 15 is 0 Å². The van der Waals surface area contributed by atoms with E-state index in [1.165, 1.54) is 4.68 Å². The van der Waals surface area contributed by atoms with Gasteiger partial charge in [0.15, 0.2) is 11.5 Å². The summed E-state index contributed by atoms with van der Waals surface area (Å²) in [5, 5.41) is 5.00. The molecule has 1 aliphatic heterocycles. The van der Waals surface area contributed by atoms with E-state index in [4.69, 9.17) is 25.8 Å². The van der Waals surface area contributed by atoms with Crippen LogP contribution in [0.4, 0.5) is 4.79 Å². The molecular weight excluding hydrogens is 368 g/mol. The van der Waals surface area contributed by atoms with Crippen LogP contribution in [0.5, 0.6) is 11.5 Å². The van der Waals surface area contributed by atoms with Gasteiger partial charge in [0.2, 0.25) is 6.79 Å². The molecule has 0 radical (unpaired) electrons. The molecule has 0 bridgehead atoms. The van der Waals surface area contributed by atoms with Crippen LogP contribution in [0.3, 0.4) is 0 Å². The Bertz CT molecular complexity index is 1010. The Hall–Kier alpha value is -2.99. The summed E-state index contributed by atoms with van der Waals surface area (Å²) in [5.41, 5.74) is 2.64. The fourth-order valence-corrected chi connectivity index (χ4v) is 3.07. The average molecular weight is 385 g/mol. The molecule has 27 heavy (non-hydrogen) atoms. The quantitative estimate of drug-likeness (QED) is 0.636. The summed E-state index contributed by atoms with van der Waals surface area (Å²) in [7, 11) is 0. The predicted molar refractivity (Wildman–Crippen MR) is 101 cm³/mol. The zero-order valence-electron chi connectivity index (χ0n) is 14.8. The Morgan fingerprint density at radius 1 is 1.15 bits per heavy atom. The van der Waals surface area contributed by atoms with Gasteiger partial charge < -0.3 is 14.2 Å². The van der Waals surface area contributed by atoms with E-state index in [1.807, 2.05) is 30.3 Å². The van der Waals surface area contributed by atoms with Crippen molar-refractivity contribution in [2.75, 3.05) is 6.79 Å². The fourth-order valence-electron chi connectivity index (χ4n) is 2.83. The summed E-state index contributed by atoms with van der Waals surface area (Å²) in [6.07, 6.45) is -0.828. The first-order valence-electron chi connectivity index (χ1n) is 8.49. The lowest BCUT2D eigenvalue weighted by atomic mass is 10.1. The van der Waals surface area contributed by atoms with Crippen molar-refractivity contribution in [2.24, 2.45) is 0 Å². The number of hydrogen-bond acceptors (Lipinski definition) is 5. The fraction of sp³-hybridized carbons (Fsp3) is 0.200. The third kappa shape index (κ3) is 3.36. The van der Waals surface area contributed by atoms with Crippen LogP contribution in [-0.2, 0) is 4.74 Å². The van der Waals surface area contributed by atoms with Crippen molar-refractivity contribution in [3.63, 3.8) is 0 Å². The molecule has 0 N–H and O–H groups in total. The third-order valence-corrected chi connectivity index (χ3v) is 4.37. The molecule has 6 nitrogen and oxygen atoms in total. The highest BCUT2D eigenvalue weighted by Gasteiger charge is 2.22. The van der Waals surface area contributed by atoms with Crippen molar-refractivity contribution in [1.82, 2.24) is 9.78 Å². The van der Waals surface area contributed by atoms with Crippen LogP contribution < -0.4 is 9.47 Å². The SMILES string of the molecule is CC(C)OC(=O)n1nc(-c2ccccc2Cl)cc1-c1ccc2c(c1)OCO2. The Kier molecular flexibility index (Phi) is 4.49. The highest BCUT2D eigenvalue weighted by molar-refractivity contribution is 6.33. The van der Waals surface area contributed by atoms with E-state index in [-0.39, 0.29) is 12.9 Å². The standard InChI is InChI=1S/C20H17ClN2O4/c1-12(2)27-20(24)23-17(13-7-8-18-19(9-13)26-11-25-18)10-16(22-23)14-5-3-4-6-15(14)21/h3-10,12H,11H2,1-2H3. The van der Waals surface area contributed by atoms with E-state index in [0.29, 0.717) is 27.9 Å². The number of hydrogen-bond donors (Lipinski definition) is 0. The van der Waals surface area contributed by atoms with Gasteiger partial charge in [-0.05, 0) is 44.2 Å². The minimum atomic E-state index is -0.559. The molecule has 0 atom stereocenters. The number of fused-ring (bicyclic) bond motifs is 1. The first-order chi connectivity index (χ1) is 13.0. The molecule has 7 heteroatoms. The largest absolute Gasteiger partial charge is 0.454 e. The minimum absolute atomic E-state index is 0.179. The van der Waals surface area contributed by atoms with Crippen molar-refractivity contribution in [3.05, 3.63) is 53.6 Å². The smallest absolute Gasteiger partial charge is 0.435 e. The van der Waals surface area contributed by atoms with Crippen LogP contribution in [0.15, 0.2) is 48.5 Å². The molecule has 0 aliphatic carbocycles. The van der Waals surface area contributed by atoms with Crippen LogP contribution in [0.2, 0.25) is 5.02 Å². The Morgan fingerprint density at radius 2 is 1.93 bits per heavy atom. The molecular formula is C20H17ClN2O4. The molecule has 0 spiro atoms. The van der Waals surface area contributed by atoms with Gasteiger partial charge in [-0.25, -0.2) is 4.79 Å². The molecule has 0 amide bonds. The maximum absolute atomic E-state index is 12.6. The highest BCUT2D eigenvalue weighted by Crippen LogP contribution is 2.37. The maximum Gasteiger partial charge on any atom is 0.435 e. The predicted octanol–water partition coefficient (Wildman–Crippen LogP) is 4.99. The van der Waals surface area contributed by atoms with Gasteiger partial charge >= 0.3 is 6.09 Å². The van der Waals surface area contributed by atoms with Crippen molar-refractivity contribution in [2.45, 2.75) is 20.0 Å². The normalized spacial score (nSPS) is 12.4. The third-order valence-electron chi connectivity index (χ3n) is 4.04. The lowest BCUT2D eigenvalue weighted by molar-refractivity contribution is 0.114. The monoisotopic (exact) mass is 384 g/mol. The number of halogens is 1. The van der Waals surface area contributed by atoms with E-state index in [1.54, 1.807) is 32.0 Å². The zero-order valence-corrected chi connectivity index (χ0v) is 15.6. The molecule has 0 saturated carbocycles. The minimum Gasteiger partial charge on any atom is -0.454 e. The molecule has 138 valence electrons. The van der Waals surface area contributed by atoms with Crippen LogP contribution in [0, 0.1) is 0 Å². The van der Waals surface area contributed by atoms with Gasteiger partial charge in [-0.2, -0.15) is 9.78 Å². The molecule has 1 aliphatic rings. The van der Waals surface area contributed by atoms with Crippen LogP contribution in [0.1, 0.15) is 13.8 Å². The number of nitrogens with zero attached hydrogens (tertiary/aromatic N) is 2. The number of rotatable bonds is 3. The molecule has 2 aromatic carbocycles. The van der Waals surface area contributed by atoms with Gasteiger partial charge in [-0.15, -0.1) is 0 Å². The number of carbonyl (C=O) groups is 1. The van der Waals surface area contributed by atoms with Crippen molar-refractivity contribution in [3.8, 4) is 34.0 Å². The summed E-state index contributed by atoms with van der Waals surface area (Å²) in [4.78, 5) is 12.6. The summed E-state index contributed by atoms with van der Waals surface area (Å²) in [6, 6.07) is 14.6. The summed E-state index contributed by atoms with van der Waals surface area (Å²) < 4.78 is 17.4. The van der Waals surface area contributed by atoms with E-state index in [9.17, 15) is 4.79 Å². The maximum atomic E-state index is 12.6. The van der Waals surface area contributed by atoms with Gasteiger partial charge in [-0.1, -0.05) is 29.8 Å². The molecule has 3 aromatic rings. The van der Waals surface area contributed by atoms with Gasteiger partial charge in [-0.3, -0.25) is 0 Å². The number of carbonyl (C=O) groups excluding carboxylic acids is 1. The summed E-state index contributed by atoms with van der Waals surface area (Å²) in [6.45, 7) is 3.76. The Balaban J connectivity index is 1.84. The van der Waals surface area contributed by atoms with Gasteiger partial charge in [0, 0.05) is 11.1 Å². The second-order valence-electron chi connectivity index (χ2n) is 6.31. The molecule has 2 heterocycles. The van der Waals surface area contributed by atoms with E-state index in [0.717, 1.165) is 11.1 Å². The average Bonchev–Trinajstić information content (AvgIpc) is 3.28. The molecule has 0 fully saturated rings. The highest BCUT2D eigenvalue weighted by atomic mass is 35.5. The zero-order chi connectivity index (χ0) is 19.0. The second kappa shape index (κ2) is 6.96. The van der Waals surface area contributed by atoms with E-state index in [2.05, 4.69) is 5.10 Å². The first-order valence-corrected chi connectivity index (χ1v) is 8.86.